The van der Waals surface area contributed by atoms with Crippen LogP contribution >= 0.6 is 0 Å². The lowest BCUT2D eigenvalue weighted by molar-refractivity contribution is -0.380. The van der Waals surface area contributed by atoms with Crippen molar-refractivity contribution in [2.75, 3.05) is 5.73 Å². The Morgan fingerprint density at radius 3 is 2.64 bits per heavy atom. The van der Waals surface area contributed by atoms with Gasteiger partial charge in [-0.25, -0.2) is 0 Å². The molecule has 2 rings (SSSR count). The molecule has 5 N–H and O–H groups in total. The number of nitrogen functional groups attached to an aromatic ring is 1. The van der Waals surface area contributed by atoms with Crippen molar-refractivity contribution in [2.45, 2.75) is 6.10 Å². The van der Waals surface area contributed by atoms with Gasteiger partial charge < -0.3 is 21.1 Å². The van der Waals surface area contributed by atoms with Crippen molar-refractivity contribution in [1.29, 1.82) is 0 Å². The second-order valence-electron chi connectivity index (χ2n) is 2.99. The van der Waals surface area contributed by atoms with Gasteiger partial charge in [-0.1, -0.05) is 0 Å². The van der Waals surface area contributed by atoms with Gasteiger partial charge in [0, 0.05) is 17.3 Å². The van der Waals surface area contributed by atoms with E-state index >= 15 is 0 Å². The van der Waals surface area contributed by atoms with Gasteiger partial charge >= 0.3 is 6.10 Å². The third-order valence-electron chi connectivity index (χ3n) is 1.84. The van der Waals surface area contributed by atoms with Gasteiger partial charge in [0.25, 0.3) is 0 Å². The summed E-state index contributed by atoms with van der Waals surface area (Å²) in [5, 5.41) is 30.9. The Morgan fingerprint density at radius 2 is 2.00 bits per heavy atom. The van der Waals surface area contributed by atoms with Crippen molar-refractivity contribution >= 4 is 16.6 Å². The smallest absolute Gasteiger partial charge is 0.389 e. The Hall–Kier alpha value is -1.63. The second kappa shape index (κ2) is 2.68. The molecule has 74 valence electrons. The molecule has 0 unspecified atom stereocenters. The number of hydrogen-bond acceptors (Lipinski definition) is 5. The normalized spacial score (nSPS) is 12.2. The van der Waals surface area contributed by atoms with Crippen molar-refractivity contribution < 1.29 is 15.3 Å². The SMILES string of the molecule is Nc1ccc2nn(C(O)(O)O)cc2c1. The van der Waals surface area contributed by atoms with Crippen LogP contribution in [0.5, 0.6) is 0 Å². The molecule has 0 fully saturated rings. The largest absolute Gasteiger partial charge is 0.399 e. The fourth-order valence-corrected chi connectivity index (χ4v) is 1.20. The molecular weight excluding hydrogens is 186 g/mol. The molecule has 0 aliphatic carbocycles. The van der Waals surface area contributed by atoms with Crippen LogP contribution in [0.4, 0.5) is 5.69 Å². The summed E-state index contributed by atoms with van der Waals surface area (Å²) in [7, 11) is 0. The van der Waals surface area contributed by atoms with E-state index in [1.54, 1.807) is 18.2 Å². The molecule has 0 bridgehead atoms. The minimum Gasteiger partial charge on any atom is -0.399 e. The zero-order chi connectivity index (χ0) is 10.3. The molecule has 1 aromatic heterocycles. The lowest BCUT2D eigenvalue weighted by atomic mass is 10.2. The molecule has 0 aliphatic rings. The van der Waals surface area contributed by atoms with Crippen LogP contribution in [-0.4, -0.2) is 25.1 Å². The van der Waals surface area contributed by atoms with Gasteiger partial charge in [-0.3, -0.25) is 0 Å². The first kappa shape index (κ1) is 8.95. The van der Waals surface area contributed by atoms with Crippen molar-refractivity contribution in [3.05, 3.63) is 24.4 Å². The Labute approximate surface area is 78.8 Å². The quantitative estimate of drug-likeness (QED) is 0.351. The third-order valence-corrected chi connectivity index (χ3v) is 1.84. The van der Waals surface area contributed by atoms with E-state index in [9.17, 15) is 0 Å². The third kappa shape index (κ3) is 1.41. The number of rotatable bonds is 1. The van der Waals surface area contributed by atoms with E-state index in [-0.39, 0.29) is 0 Å². The van der Waals surface area contributed by atoms with E-state index in [1.807, 2.05) is 0 Å². The van der Waals surface area contributed by atoms with Crippen molar-refractivity contribution in [3.8, 4) is 0 Å². The molecule has 6 heteroatoms. The van der Waals surface area contributed by atoms with Crippen LogP contribution in [0.25, 0.3) is 10.9 Å². The Bertz CT molecular complexity index is 472. The number of aromatic nitrogens is 2. The first-order chi connectivity index (χ1) is 6.47. The van der Waals surface area contributed by atoms with E-state index in [2.05, 4.69) is 5.10 Å². The number of fused-ring (bicyclic) bond motifs is 1. The molecule has 2 aromatic rings. The van der Waals surface area contributed by atoms with Crippen LogP contribution in [0.3, 0.4) is 0 Å². The fourth-order valence-electron chi connectivity index (χ4n) is 1.20. The van der Waals surface area contributed by atoms with Crippen LogP contribution in [0, 0.1) is 0 Å². The summed E-state index contributed by atoms with van der Waals surface area (Å²) in [6, 6.07) is 4.87. The maximum Gasteiger partial charge on any atom is 0.389 e. The highest BCUT2D eigenvalue weighted by molar-refractivity contribution is 5.81. The average molecular weight is 195 g/mol. The second-order valence-corrected chi connectivity index (χ2v) is 2.99. The van der Waals surface area contributed by atoms with E-state index in [1.165, 1.54) is 6.20 Å². The molecule has 0 saturated heterocycles. The van der Waals surface area contributed by atoms with E-state index in [0.29, 0.717) is 21.3 Å². The summed E-state index contributed by atoms with van der Waals surface area (Å²) in [6.07, 6.45) is -1.69. The molecule has 0 saturated carbocycles. The molecular formula is C8H9N3O3. The van der Waals surface area contributed by atoms with Crippen LogP contribution in [0.1, 0.15) is 0 Å². The number of nitrogens with zero attached hydrogens (tertiary/aromatic N) is 2. The van der Waals surface area contributed by atoms with E-state index < -0.39 is 6.10 Å². The standard InChI is InChI=1S/C8H9N3O3/c9-6-1-2-7-5(3-6)4-11(10-7)8(12,13)14/h1-4,12-14H,9H2. The van der Waals surface area contributed by atoms with Gasteiger partial charge in [-0.2, -0.15) is 9.78 Å². The summed E-state index contributed by atoms with van der Waals surface area (Å²) in [5.41, 5.74) is 6.57. The monoisotopic (exact) mass is 195 g/mol. The Morgan fingerprint density at radius 1 is 1.29 bits per heavy atom. The molecule has 0 radical (unpaired) electrons. The minimum atomic E-state index is -2.98. The van der Waals surface area contributed by atoms with Gasteiger partial charge in [-0.05, 0) is 18.2 Å². The molecule has 0 amide bonds. The van der Waals surface area contributed by atoms with Crippen molar-refractivity contribution in [3.63, 3.8) is 0 Å². The van der Waals surface area contributed by atoms with E-state index in [0.717, 1.165) is 0 Å². The van der Waals surface area contributed by atoms with Crippen LogP contribution in [0.15, 0.2) is 24.4 Å². The lowest BCUT2D eigenvalue weighted by Crippen LogP contribution is -2.32. The molecule has 0 spiro atoms. The van der Waals surface area contributed by atoms with Gasteiger partial charge in [0.05, 0.1) is 5.52 Å². The Balaban J connectivity index is 2.63. The maximum atomic E-state index is 8.84. The molecule has 0 atom stereocenters. The topological polar surface area (TPSA) is 105 Å². The first-order valence-electron chi connectivity index (χ1n) is 3.89. The number of benzene rings is 1. The number of aliphatic hydroxyl groups is 3. The van der Waals surface area contributed by atoms with Gasteiger partial charge in [0.2, 0.25) is 0 Å². The predicted octanol–water partition coefficient (Wildman–Crippen LogP) is -0.837. The zero-order valence-electron chi connectivity index (χ0n) is 7.12. The molecule has 1 aromatic carbocycles. The first-order valence-corrected chi connectivity index (χ1v) is 3.89. The average Bonchev–Trinajstić information content (AvgIpc) is 2.45. The molecule has 6 nitrogen and oxygen atoms in total. The number of anilines is 1. The maximum absolute atomic E-state index is 8.84. The molecule has 14 heavy (non-hydrogen) atoms. The minimum absolute atomic E-state index is 0.515. The number of hydrogen-bond donors (Lipinski definition) is 4. The Kier molecular flexibility index (Phi) is 1.71. The summed E-state index contributed by atoms with van der Waals surface area (Å²) in [6.45, 7) is 0. The van der Waals surface area contributed by atoms with Crippen molar-refractivity contribution in [2.24, 2.45) is 0 Å². The predicted molar refractivity (Wildman–Crippen MR) is 48.8 cm³/mol. The zero-order valence-corrected chi connectivity index (χ0v) is 7.12. The molecule has 1 heterocycles. The van der Waals surface area contributed by atoms with Crippen LogP contribution in [0.2, 0.25) is 0 Å². The van der Waals surface area contributed by atoms with Gasteiger partial charge in [0.1, 0.15) is 0 Å². The van der Waals surface area contributed by atoms with Crippen molar-refractivity contribution in [1.82, 2.24) is 9.78 Å². The summed E-state index contributed by atoms with van der Waals surface area (Å²) < 4.78 is 0.636. The van der Waals surface area contributed by atoms with Crippen LogP contribution < -0.4 is 5.73 Å². The summed E-state index contributed by atoms with van der Waals surface area (Å²) >= 11 is 0. The number of nitrogens with two attached hydrogens (primary N) is 1. The van der Waals surface area contributed by atoms with Gasteiger partial charge in [-0.15, -0.1) is 0 Å². The highest BCUT2D eigenvalue weighted by Gasteiger charge is 2.22. The fraction of sp³-hybridized carbons (Fsp3) is 0.125. The highest BCUT2D eigenvalue weighted by Crippen LogP contribution is 2.17. The lowest BCUT2D eigenvalue weighted by Gasteiger charge is -2.12. The van der Waals surface area contributed by atoms with Crippen LogP contribution in [-0.2, 0) is 6.10 Å². The van der Waals surface area contributed by atoms with E-state index in [4.69, 9.17) is 21.1 Å². The highest BCUT2D eigenvalue weighted by atomic mass is 16.7. The van der Waals surface area contributed by atoms with Gasteiger partial charge in [0.15, 0.2) is 0 Å². The molecule has 0 aliphatic heterocycles. The summed E-state index contributed by atoms with van der Waals surface area (Å²) in [5.74, 6) is 0. The summed E-state index contributed by atoms with van der Waals surface area (Å²) in [4.78, 5) is 0.